The Morgan fingerprint density at radius 2 is 1.01 bits per heavy atom. The van der Waals surface area contributed by atoms with Crippen molar-refractivity contribution in [3.63, 3.8) is 0 Å². The third-order valence-corrected chi connectivity index (χ3v) is 19.2. The monoisotopic (exact) mass is 1230 g/mol. The summed E-state index contributed by atoms with van der Waals surface area (Å²) in [6.07, 6.45) is 0.514. The zero-order valence-electron chi connectivity index (χ0n) is 49.1. The number of benzene rings is 7. The molecule has 0 radical (unpaired) electrons. The van der Waals surface area contributed by atoms with Crippen molar-refractivity contribution < 1.29 is 47.3 Å². The third kappa shape index (κ3) is 18.2. The summed E-state index contributed by atoms with van der Waals surface area (Å²) in [5, 5.41) is 31.2. The number of carbonyl (C=O) groups excluding carboxylic acids is 5. The van der Waals surface area contributed by atoms with Crippen molar-refractivity contribution in [1.82, 2.24) is 20.7 Å². The minimum atomic E-state index is -4.35. The second-order valence-electron chi connectivity index (χ2n) is 21.3. The van der Waals surface area contributed by atoms with Crippen molar-refractivity contribution in [2.24, 2.45) is 5.92 Å². The Bertz CT molecular complexity index is 3280. The smallest absolute Gasteiger partial charge is 0.308 e. The van der Waals surface area contributed by atoms with Crippen molar-refractivity contribution in [3.8, 4) is 0 Å². The standard InChI is InChI=1S/C70H76N4O10S3/c1-5-45-84-65(79)48-62(76)66(50(2)3)73-68(81)61(49-86-70(55-32-18-9-19-33-55,56-34-20-10-21-35-56)57-36-22-11-23-37-57)72-67(80)60(43-44-63(77)74-87(82,83)59-41-39-51(4)40-42-59)71-64(78)47-58(75)38-24-25-46-85-69(52-26-12-6-13-27-52,53-28-14-7-15-29-53)54-30-16-8-17-31-54/h5-24,26-42,50,58,60-62,66,75-76H,1,25,43-49H2,2-4H3,(H,71,78)(H,72,80)(H,73,81)(H,74,77)/t58-,60-,61-,62+,66-/m1/s1. The number of allylic oxidation sites excluding steroid dienone is 1. The van der Waals surface area contributed by atoms with Gasteiger partial charge in [-0.25, -0.2) is 13.1 Å². The number of aliphatic hydroxyl groups is 2. The number of ether oxygens (including phenoxy) is 1. The van der Waals surface area contributed by atoms with Gasteiger partial charge < -0.3 is 30.9 Å². The number of esters is 1. The maximum atomic E-state index is 15.0. The van der Waals surface area contributed by atoms with Gasteiger partial charge in [0.1, 0.15) is 18.7 Å². The number of carbonyl (C=O) groups is 5. The molecule has 0 heterocycles. The molecule has 0 aliphatic carbocycles. The van der Waals surface area contributed by atoms with Crippen LogP contribution in [0, 0.1) is 12.8 Å². The lowest BCUT2D eigenvalue weighted by Gasteiger charge is -2.37. The minimum Gasteiger partial charge on any atom is -0.461 e. The highest BCUT2D eigenvalue weighted by molar-refractivity contribution is 8.01. The van der Waals surface area contributed by atoms with Gasteiger partial charge in [-0.1, -0.05) is 238 Å². The van der Waals surface area contributed by atoms with E-state index in [1.54, 1.807) is 50.7 Å². The van der Waals surface area contributed by atoms with E-state index in [2.05, 4.69) is 63.6 Å². The average molecular weight is 1230 g/mol. The molecule has 5 atom stereocenters. The molecule has 4 amide bonds. The Morgan fingerprint density at radius 1 is 0.575 bits per heavy atom. The van der Waals surface area contributed by atoms with Crippen LogP contribution in [-0.4, -0.2) is 96.7 Å². The fourth-order valence-corrected chi connectivity index (χ4v) is 14.3. The van der Waals surface area contributed by atoms with Gasteiger partial charge in [0, 0.05) is 12.2 Å². The molecule has 454 valence electrons. The first-order valence-corrected chi connectivity index (χ1v) is 32.3. The fraction of sp³-hybridized carbons (Fsp3) is 0.271. The third-order valence-electron chi connectivity index (χ3n) is 14.6. The van der Waals surface area contributed by atoms with Crippen LogP contribution in [0.15, 0.2) is 236 Å². The van der Waals surface area contributed by atoms with Gasteiger partial charge in [0.05, 0.1) is 45.5 Å². The van der Waals surface area contributed by atoms with E-state index >= 15 is 9.59 Å². The zero-order chi connectivity index (χ0) is 62.2. The molecule has 14 nitrogen and oxygen atoms in total. The molecule has 0 aliphatic rings. The van der Waals surface area contributed by atoms with Crippen LogP contribution in [0.2, 0.25) is 0 Å². The van der Waals surface area contributed by atoms with Gasteiger partial charge in [-0.3, -0.25) is 24.0 Å². The van der Waals surface area contributed by atoms with Crippen molar-refractivity contribution in [1.29, 1.82) is 0 Å². The number of aryl methyl sites for hydroxylation is 1. The van der Waals surface area contributed by atoms with Crippen LogP contribution in [0.4, 0.5) is 0 Å². The summed E-state index contributed by atoms with van der Waals surface area (Å²) in [7, 11) is -4.35. The Labute approximate surface area is 519 Å². The van der Waals surface area contributed by atoms with E-state index in [1.165, 1.54) is 36.0 Å². The molecule has 0 fully saturated rings. The van der Waals surface area contributed by atoms with Crippen molar-refractivity contribution >= 4 is 63.1 Å². The van der Waals surface area contributed by atoms with Crippen molar-refractivity contribution in [2.45, 2.75) is 97.6 Å². The Kier molecular flexibility index (Phi) is 24.9. The lowest BCUT2D eigenvalue weighted by molar-refractivity contribution is -0.145. The summed E-state index contributed by atoms with van der Waals surface area (Å²) in [6.45, 7) is 8.78. The summed E-state index contributed by atoms with van der Waals surface area (Å²) in [5.41, 5.74) is 6.66. The first-order valence-electron chi connectivity index (χ1n) is 28.9. The van der Waals surface area contributed by atoms with Crippen LogP contribution in [-0.2, 0) is 48.2 Å². The molecular formula is C70H76N4O10S3. The molecule has 0 aromatic heterocycles. The lowest BCUT2D eigenvalue weighted by atomic mass is 9.84. The number of amides is 4. The summed E-state index contributed by atoms with van der Waals surface area (Å²) < 4.78 is 32.4. The van der Waals surface area contributed by atoms with Crippen LogP contribution in [0.3, 0.4) is 0 Å². The molecular weight excluding hydrogens is 1150 g/mol. The molecule has 7 aromatic carbocycles. The molecule has 7 rings (SSSR count). The summed E-state index contributed by atoms with van der Waals surface area (Å²) in [4.78, 5) is 70.3. The number of thioether (sulfide) groups is 2. The number of hydrogen-bond donors (Lipinski definition) is 6. The van der Waals surface area contributed by atoms with Crippen molar-refractivity contribution in [3.05, 3.63) is 270 Å². The van der Waals surface area contributed by atoms with Gasteiger partial charge in [-0.15, -0.1) is 23.5 Å². The van der Waals surface area contributed by atoms with Crippen LogP contribution in [0.5, 0.6) is 0 Å². The largest absolute Gasteiger partial charge is 0.461 e. The van der Waals surface area contributed by atoms with E-state index in [9.17, 15) is 33.0 Å². The minimum absolute atomic E-state index is 0.0837. The maximum Gasteiger partial charge on any atom is 0.308 e. The molecule has 0 aliphatic heterocycles. The van der Waals surface area contributed by atoms with Gasteiger partial charge in [0.15, 0.2) is 0 Å². The van der Waals surface area contributed by atoms with Gasteiger partial charge in [-0.2, -0.15) is 0 Å². The molecule has 7 aromatic rings. The number of nitrogens with one attached hydrogen (secondary N) is 4. The van der Waals surface area contributed by atoms with Crippen LogP contribution < -0.4 is 20.7 Å². The Hall–Kier alpha value is -8.06. The summed E-state index contributed by atoms with van der Waals surface area (Å²) >= 11 is 3.10. The van der Waals surface area contributed by atoms with Crippen molar-refractivity contribution in [2.75, 3.05) is 18.1 Å². The van der Waals surface area contributed by atoms with Crippen LogP contribution in [0.1, 0.15) is 84.9 Å². The van der Waals surface area contributed by atoms with Gasteiger partial charge in [0.2, 0.25) is 23.6 Å². The number of sulfonamides is 1. The highest BCUT2D eigenvalue weighted by Gasteiger charge is 2.41. The van der Waals surface area contributed by atoms with E-state index in [-0.39, 0.29) is 17.3 Å². The highest BCUT2D eigenvalue weighted by atomic mass is 32.2. The number of rotatable bonds is 32. The molecule has 0 saturated heterocycles. The van der Waals surface area contributed by atoms with E-state index in [0.29, 0.717) is 12.2 Å². The number of hydrogen-bond acceptors (Lipinski definition) is 12. The van der Waals surface area contributed by atoms with Gasteiger partial charge >= 0.3 is 5.97 Å². The van der Waals surface area contributed by atoms with Gasteiger partial charge in [-0.05, 0) is 76.9 Å². The normalized spacial score (nSPS) is 13.5. The predicted octanol–water partition coefficient (Wildman–Crippen LogP) is 10.3. The predicted molar refractivity (Wildman–Crippen MR) is 346 cm³/mol. The summed E-state index contributed by atoms with van der Waals surface area (Å²) in [6, 6.07) is 61.6. The highest BCUT2D eigenvalue weighted by Crippen LogP contribution is 2.50. The topological polar surface area (TPSA) is 217 Å². The fourth-order valence-electron chi connectivity index (χ4n) is 10.2. The maximum absolute atomic E-state index is 15.0. The molecule has 0 unspecified atom stereocenters. The zero-order valence-corrected chi connectivity index (χ0v) is 51.5. The molecule has 0 bridgehead atoms. The first-order chi connectivity index (χ1) is 42.0. The van der Waals surface area contributed by atoms with Crippen LogP contribution >= 0.6 is 23.5 Å². The van der Waals surface area contributed by atoms with E-state index in [1.807, 2.05) is 146 Å². The molecule has 0 spiro atoms. The molecule has 87 heavy (non-hydrogen) atoms. The van der Waals surface area contributed by atoms with E-state index < -0.39 is 111 Å². The second kappa shape index (κ2) is 32.6. The summed E-state index contributed by atoms with van der Waals surface area (Å²) in [5.74, 6) is -4.06. The molecule has 0 saturated carbocycles. The van der Waals surface area contributed by atoms with E-state index in [4.69, 9.17) is 4.74 Å². The number of aliphatic hydroxyl groups excluding tert-OH is 2. The SMILES string of the molecule is C=CCOC(=O)C[C@H](O)[C@H](NC(=O)[C@@H](CSC(c1ccccc1)(c1ccccc1)c1ccccc1)NC(=O)[C@@H](CCC(=O)NS(=O)(=O)c1ccc(C)cc1)NC(=O)C[C@H](O)C=CCCSC(c1ccccc1)(c1ccccc1)c1ccccc1)C(C)C. The molecule has 6 N–H and O–H groups in total. The van der Waals surface area contributed by atoms with E-state index in [0.717, 1.165) is 38.9 Å². The van der Waals surface area contributed by atoms with Gasteiger partial charge in [0.25, 0.3) is 10.0 Å². The lowest BCUT2D eigenvalue weighted by Crippen LogP contribution is -2.58. The first kappa shape index (κ1) is 66.5. The quantitative estimate of drug-likeness (QED) is 0.0101. The average Bonchev–Trinajstić information content (AvgIpc) is 1.58. The van der Waals surface area contributed by atoms with Crippen LogP contribution in [0.25, 0.3) is 0 Å². The Balaban J connectivity index is 1.16. The molecule has 17 heteroatoms. The second-order valence-corrected chi connectivity index (χ2v) is 25.5. The Morgan fingerprint density at radius 3 is 1.45 bits per heavy atom.